The highest BCUT2D eigenvalue weighted by Crippen LogP contribution is 2.39. The number of fused-ring (bicyclic) bond motifs is 4. The molecule has 1 aliphatic rings. The molecule has 0 atom stereocenters. The van der Waals surface area contributed by atoms with Crippen LogP contribution in [0.5, 0.6) is 23.0 Å². The Bertz CT molecular complexity index is 1220. The number of aliphatic carboxylic acids is 2. The van der Waals surface area contributed by atoms with Crippen molar-refractivity contribution in [2.75, 3.05) is 14.2 Å². The van der Waals surface area contributed by atoms with E-state index in [1.54, 1.807) is 26.4 Å². The molecule has 1 aromatic heterocycles. The Balaban J connectivity index is 0.000000312. The van der Waals surface area contributed by atoms with E-state index in [1.807, 2.05) is 12.1 Å². The number of ether oxygens (including phenoxy) is 2. The maximum atomic E-state index is 9.87. The average Bonchev–Trinajstić information content (AvgIpc) is 2.77. The zero-order chi connectivity index (χ0) is 23.4. The van der Waals surface area contributed by atoms with Crippen LogP contribution in [-0.4, -0.2) is 46.6 Å². The van der Waals surface area contributed by atoms with Gasteiger partial charge in [0.1, 0.15) is 0 Å². The lowest BCUT2D eigenvalue weighted by atomic mass is 9.95. The molecule has 9 nitrogen and oxygen atoms in total. The van der Waals surface area contributed by atoms with Gasteiger partial charge in [-0.3, -0.25) is 0 Å². The van der Waals surface area contributed by atoms with Crippen LogP contribution in [0, 0.1) is 0 Å². The first-order chi connectivity index (χ1) is 15.2. The predicted octanol–water partition coefficient (Wildman–Crippen LogP) is 2.49. The second kappa shape index (κ2) is 9.25. The van der Waals surface area contributed by atoms with Gasteiger partial charge in [-0.05, 0) is 35.2 Å². The van der Waals surface area contributed by atoms with E-state index in [0.29, 0.717) is 23.7 Å². The number of aromatic hydroxyl groups is 2. The number of aromatic nitrogens is 1. The van der Waals surface area contributed by atoms with E-state index in [0.717, 1.165) is 40.6 Å². The first-order valence-electron chi connectivity index (χ1n) is 9.52. The van der Waals surface area contributed by atoms with Gasteiger partial charge in [-0.15, -0.1) is 0 Å². The molecule has 0 saturated heterocycles. The van der Waals surface area contributed by atoms with Crippen LogP contribution in [0.15, 0.2) is 48.7 Å². The van der Waals surface area contributed by atoms with Crippen molar-refractivity contribution in [1.82, 2.24) is 0 Å². The lowest BCUT2D eigenvalue weighted by Crippen LogP contribution is -2.40. The van der Waals surface area contributed by atoms with Crippen LogP contribution in [0.1, 0.15) is 5.56 Å². The minimum absolute atomic E-state index is 0.0746. The fourth-order valence-corrected chi connectivity index (χ4v) is 3.55. The Morgan fingerprint density at radius 3 is 2.22 bits per heavy atom. The van der Waals surface area contributed by atoms with Gasteiger partial charge < -0.3 is 29.9 Å². The fraction of sp³-hybridized carbons (Fsp3) is 0.174. The summed E-state index contributed by atoms with van der Waals surface area (Å²) in [5, 5.41) is 37.2. The quantitative estimate of drug-likeness (QED) is 0.276. The molecule has 2 heterocycles. The Labute approximate surface area is 183 Å². The van der Waals surface area contributed by atoms with Gasteiger partial charge in [0.25, 0.3) is 0 Å². The molecule has 166 valence electrons. The van der Waals surface area contributed by atoms with Gasteiger partial charge in [-0.2, -0.15) is 4.57 Å². The average molecular weight is 440 g/mol. The number of phenols is 2. The number of hydrogen-bond acceptors (Lipinski definition) is 6. The third-order valence-electron chi connectivity index (χ3n) is 4.97. The van der Waals surface area contributed by atoms with Crippen LogP contribution >= 0.6 is 0 Å². The zero-order valence-corrected chi connectivity index (χ0v) is 17.4. The molecule has 4 N–H and O–H groups in total. The Kier molecular flexibility index (Phi) is 6.48. The van der Waals surface area contributed by atoms with Crippen molar-refractivity contribution >= 4 is 22.7 Å². The van der Waals surface area contributed by atoms with E-state index < -0.39 is 11.9 Å². The van der Waals surface area contributed by atoms with Gasteiger partial charge in [0.15, 0.2) is 35.7 Å². The normalized spacial score (nSPS) is 11.8. The fourth-order valence-electron chi connectivity index (χ4n) is 3.55. The molecule has 0 amide bonds. The van der Waals surface area contributed by atoms with E-state index >= 15 is 0 Å². The molecule has 0 saturated carbocycles. The van der Waals surface area contributed by atoms with Crippen LogP contribution < -0.4 is 14.0 Å². The topological polar surface area (TPSA) is 137 Å². The number of aryl methyl sites for hydroxylation is 2. The summed E-state index contributed by atoms with van der Waals surface area (Å²) in [7, 11) is 3.26. The number of benzene rings is 2. The molecule has 0 bridgehead atoms. The summed E-state index contributed by atoms with van der Waals surface area (Å²) in [6.45, 7) is 0.794. The number of carbonyl (C=O) groups is 2. The monoisotopic (exact) mass is 440 g/mol. The summed E-state index contributed by atoms with van der Waals surface area (Å²) in [6, 6.07) is 9.23. The number of carboxylic acid groups (broad SMARTS) is 2. The molecular weight excluding hydrogens is 418 g/mol. The maximum absolute atomic E-state index is 9.87. The number of carboxylic acids is 2. The smallest absolute Gasteiger partial charge is 0.328 e. The molecule has 0 fully saturated rings. The molecule has 9 heteroatoms. The van der Waals surface area contributed by atoms with Gasteiger partial charge in [-0.1, -0.05) is 0 Å². The first-order valence-corrected chi connectivity index (χ1v) is 9.52. The Morgan fingerprint density at radius 1 is 0.969 bits per heavy atom. The number of hydrogen-bond donors (Lipinski definition) is 4. The van der Waals surface area contributed by atoms with E-state index in [-0.39, 0.29) is 11.5 Å². The molecule has 2 aromatic carbocycles. The molecular formula is C23H22NO8+. The summed E-state index contributed by atoms with van der Waals surface area (Å²) >= 11 is 0. The van der Waals surface area contributed by atoms with Crippen molar-refractivity contribution in [3.05, 3.63) is 54.2 Å². The largest absolute Gasteiger partial charge is 0.504 e. The lowest BCUT2D eigenvalue weighted by Gasteiger charge is -2.17. The predicted molar refractivity (Wildman–Crippen MR) is 114 cm³/mol. The molecule has 0 spiro atoms. The van der Waals surface area contributed by atoms with Crippen molar-refractivity contribution < 1.29 is 44.1 Å². The lowest BCUT2D eigenvalue weighted by molar-refractivity contribution is -0.686. The third kappa shape index (κ3) is 4.56. The second-order valence-electron chi connectivity index (χ2n) is 6.91. The third-order valence-corrected chi connectivity index (χ3v) is 4.97. The highest BCUT2D eigenvalue weighted by molar-refractivity contribution is 5.92. The van der Waals surface area contributed by atoms with Crippen molar-refractivity contribution in [3.8, 4) is 34.3 Å². The van der Waals surface area contributed by atoms with Crippen molar-refractivity contribution in [3.63, 3.8) is 0 Å². The molecule has 0 radical (unpaired) electrons. The summed E-state index contributed by atoms with van der Waals surface area (Å²) in [5.74, 6) is -1.28. The van der Waals surface area contributed by atoms with Gasteiger partial charge in [0.2, 0.25) is 5.69 Å². The summed E-state index contributed by atoms with van der Waals surface area (Å²) in [6.07, 6.45) is 3.96. The number of methoxy groups -OCH3 is 2. The minimum Gasteiger partial charge on any atom is -0.504 e. The molecule has 0 unspecified atom stereocenters. The molecule has 3 aromatic rings. The first kappa shape index (κ1) is 22.4. The minimum atomic E-state index is -1.26. The number of nitrogens with zero attached hydrogens (tertiary/aromatic N) is 1. The van der Waals surface area contributed by atoms with Crippen LogP contribution in [0.4, 0.5) is 0 Å². The van der Waals surface area contributed by atoms with E-state index in [1.165, 1.54) is 0 Å². The van der Waals surface area contributed by atoms with E-state index in [9.17, 15) is 19.8 Å². The SMILES string of the molecule is COc1ccc2cc3[n+](cc2c1OC)CCc1cc(O)c(O)cc1-3.O=C(O)/C=C\C(=O)O. The zero-order valence-electron chi connectivity index (χ0n) is 17.4. The summed E-state index contributed by atoms with van der Waals surface area (Å²) in [4.78, 5) is 19.1. The Hall–Kier alpha value is -4.27. The number of rotatable bonds is 4. The second-order valence-corrected chi connectivity index (χ2v) is 6.91. The molecule has 0 aliphatic carbocycles. The highest BCUT2D eigenvalue weighted by atomic mass is 16.5. The van der Waals surface area contributed by atoms with Gasteiger partial charge >= 0.3 is 11.9 Å². The van der Waals surface area contributed by atoms with Crippen molar-refractivity contribution in [2.45, 2.75) is 13.0 Å². The standard InChI is InChI=1S/C19H17NO4.C4H4O4/c1-23-18-4-3-11-7-15-13-9-17(22)16(21)8-12(13)5-6-20(15)10-14(11)19(18)24-2;5-3(6)1-2-4(7)8/h3-4,7-10,22H,5-6H2,1-2H3;1-2H,(H,5,6)(H,7,8)/p+1/b;2-1-. The molecule has 4 rings (SSSR count). The number of phenolic OH excluding ortho intramolecular Hbond substituents is 2. The van der Waals surface area contributed by atoms with Gasteiger partial charge in [-0.25, -0.2) is 9.59 Å². The number of pyridine rings is 1. The summed E-state index contributed by atoms with van der Waals surface area (Å²) < 4.78 is 13.1. The maximum Gasteiger partial charge on any atom is 0.328 e. The van der Waals surface area contributed by atoms with Crippen LogP contribution in [-0.2, 0) is 22.6 Å². The van der Waals surface area contributed by atoms with Gasteiger partial charge in [0, 0.05) is 24.6 Å². The molecule has 32 heavy (non-hydrogen) atoms. The van der Waals surface area contributed by atoms with Crippen molar-refractivity contribution in [1.29, 1.82) is 0 Å². The molecule has 1 aliphatic heterocycles. The van der Waals surface area contributed by atoms with Crippen LogP contribution in [0.25, 0.3) is 22.0 Å². The highest BCUT2D eigenvalue weighted by Gasteiger charge is 2.26. The van der Waals surface area contributed by atoms with E-state index in [4.69, 9.17) is 19.7 Å². The van der Waals surface area contributed by atoms with Gasteiger partial charge in [0.05, 0.1) is 25.2 Å². The summed E-state index contributed by atoms with van der Waals surface area (Å²) in [5.41, 5.74) is 2.98. The van der Waals surface area contributed by atoms with Crippen LogP contribution in [0.3, 0.4) is 0 Å². The van der Waals surface area contributed by atoms with Crippen LogP contribution in [0.2, 0.25) is 0 Å². The van der Waals surface area contributed by atoms with E-state index in [2.05, 4.69) is 16.8 Å². The van der Waals surface area contributed by atoms with Crippen molar-refractivity contribution in [2.24, 2.45) is 0 Å². The Morgan fingerprint density at radius 2 is 1.62 bits per heavy atom.